The SMILES string of the molecule is O=C1c2cc3nc(C4=C(Cl)C=CNC4Cl)[nH]c3cc2C(=O)N1C1CCNCC1. The molecular formula is C19H17Cl2N5O2. The Hall–Kier alpha value is -2.35. The van der Waals surface area contributed by atoms with Gasteiger partial charge in [-0.2, -0.15) is 0 Å². The third-order valence-corrected chi connectivity index (χ3v) is 6.11. The van der Waals surface area contributed by atoms with E-state index in [-0.39, 0.29) is 17.9 Å². The van der Waals surface area contributed by atoms with Crippen LogP contribution in [-0.4, -0.2) is 51.3 Å². The molecule has 144 valence electrons. The molecule has 1 unspecified atom stereocenters. The van der Waals surface area contributed by atoms with Crippen molar-refractivity contribution in [2.75, 3.05) is 13.1 Å². The standard InChI is InChI=1S/C19H17Cl2N5O2/c20-12-3-6-23-16(21)15(12)17-24-13-7-10-11(8-14(13)25-17)19(28)26(18(10)27)9-1-4-22-5-2-9/h3,6-9,16,22-23H,1-2,4-5H2,(H,24,25). The summed E-state index contributed by atoms with van der Waals surface area (Å²) in [7, 11) is 0. The Morgan fingerprint density at radius 3 is 2.54 bits per heavy atom. The summed E-state index contributed by atoms with van der Waals surface area (Å²) in [4.78, 5) is 35.0. The summed E-state index contributed by atoms with van der Waals surface area (Å²) in [5.74, 6) is 0.0309. The molecule has 0 aliphatic carbocycles. The van der Waals surface area contributed by atoms with Gasteiger partial charge in [-0.15, -0.1) is 0 Å². The fourth-order valence-corrected chi connectivity index (χ4v) is 4.63. The Bertz CT molecular complexity index is 1010. The second-order valence-corrected chi connectivity index (χ2v) is 7.93. The summed E-state index contributed by atoms with van der Waals surface area (Å²) in [6.45, 7) is 1.61. The number of amides is 2. The van der Waals surface area contributed by atoms with Crippen LogP contribution in [0, 0.1) is 0 Å². The van der Waals surface area contributed by atoms with Crippen molar-refractivity contribution in [3.05, 3.63) is 46.4 Å². The highest BCUT2D eigenvalue weighted by Gasteiger charge is 2.40. The lowest BCUT2D eigenvalue weighted by molar-refractivity contribution is 0.0556. The number of aromatic nitrogens is 2. The van der Waals surface area contributed by atoms with Crippen LogP contribution in [0.4, 0.5) is 0 Å². The second-order valence-electron chi connectivity index (χ2n) is 7.09. The van der Waals surface area contributed by atoms with Crippen molar-refractivity contribution >= 4 is 51.6 Å². The van der Waals surface area contributed by atoms with Gasteiger partial charge >= 0.3 is 0 Å². The predicted octanol–water partition coefficient (Wildman–Crippen LogP) is 2.54. The predicted molar refractivity (Wildman–Crippen MR) is 107 cm³/mol. The van der Waals surface area contributed by atoms with Gasteiger partial charge in [0.15, 0.2) is 0 Å². The van der Waals surface area contributed by atoms with E-state index in [2.05, 4.69) is 20.6 Å². The molecule has 1 aromatic heterocycles. The molecule has 5 rings (SSSR count). The van der Waals surface area contributed by atoms with Gasteiger partial charge in [0.2, 0.25) is 0 Å². The molecule has 2 amide bonds. The number of imide groups is 1. The fraction of sp³-hybridized carbons (Fsp3) is 0.316. The van der Waals surface area contributed by atoms with Gasteiger partial charge in [-0.25, -0.2) is 4.98 Å². The summed E-state index contributed by atoms with van der Waals surface area (Å²) in [6.07, 6.45) is 4.92. The number of nitrogens with one attached hydrogen (secondary N) is 3. The van der Waals surface area contributed by atoms with Crippen molar-refractivity contribution < 1.29 is 9.59 Å². The van der Waals surface area contributed by atoms with Crippen molar-refractivity contribution in [2.24, 2.45) is 0 Å². The molecule has 1 atom stereocenters. The minimum atomic E-state index is -0.524. The monoisotopic (exact) mass is 417 g/mol. The second kappa shape index (κ2) is 6.62. The normalized spacial score (nSPS) is 22.9. The highest BCUT2D eigenvalue weighted by atomic mass is 35.5. The zero-order valence-corrected chi connectivity index (χ0v) is 16.3. The number of H-pyrrole nitrogens is 1. The lowest BCUT2D eigenvalue weighted by Crippen LogP contribution is -2.45. The molecule has 7 nitrogen and oxygen atoms in total. The van der Waals surface area contributed by atoms with Crippen molar-refractivity contribution in [1.29, 1.82) is 0 Å². The number of fused-ring (bicyclic) bond motifs is 2. The number of alkyl halides is 1. The first-order valence-electron chi connectivity index (χ1n) is 9.13. The van der Waals surface area contributed by atoms with Gasteiger partial charge < -0.3 is 15.6 Å². The molecular weight excluding hydrogens is 401 g/mol. The van der Waals surface area contributed by atoms with E-state index in [1.807, 2.05) is 0 Å². The zero-order chi connectivity index (χ0) is 19.4. The van der Waals surface area contributed by atoms with E-state index in [0.717, 1.165) is 25.9 Å². The topological polar surface area (TPSA) is 90.1 Å². The minimum Gasteiger partial charge on any atom is -0.371 e. The Kier molecular flexibility index (Phi) is 4.19. The number of dihydropyridines is 1. The van der Waals surface area contributed by atoms with Crippen LogP contribution in [0.5, 0.6) is 0 Å². The molecule has 1 aromatic carbocycles. The molecule has 0 saturated carbocycles. The Labute approximate surface area is 170 Å². The number of imidazole rings is 1. The summed E-state index contributed by atoms with van der Waals surface area (Å²) in [5, 5.41) is 6.71. The quantitative estimate of drug-likeness (QED) is 0.396. The number of halogens is 2. The van der Waals surface area contributed by atoms with E-state index in [9.17, 15) is 9.59 Å². The Balaban J connectivity index is 1.55. The number of benzene rings is 1. The number of hydrogen-bond donors (Lipinski definition) is 3. The Morgan fingerprint density at radius 2 is 1.82 bits per heavy atom. The summed E-state index contributed by atoms with van der Waals surface area (Å²) >= 11 is 12.6. The molecule has 9 heteroatoms. The van der Waals surface area contributed by atoms with Crippen molar-refractivity contribution in [1.82, 2.24) is 25.5 Å². The molecule has 4 heterocycles. The van der Waals surface area contributed by atoms with E-state index < -0.39 is 5.50 Å². The van der Waals surface area contributed by atoms with Crippen LogP contribution in [0.3, 0.4) is 0 Å². The van der Waals surface area contributed by atoms with Crippen LogP contribution in [0.2, 0.25) is 0 Å². The van der Waals surface area contributed by atoms with Crippen molar-refractivity contribution in [3.8, 4) is 0 Å². The van der Waals surface area contributed by atoms with E-state index >= 15 is 0 Å². The lowest BCUT2D eigenvalue weighted by Gasteiger charge is -2.29. The van der Waals surface area contributed by atoms with Crippen LogP contribution in [-0.2, 0) is 0 Å². The third-order valence-electron chi connectivity index (χ3n) is 5.43. The van der Waals surface area contributed by atoms with Crippen molar-refractivity contribution in [2.45, 2.75) is 24.4 Å². The van der Waals surface area contributed by atoms with Gasteiger partial charge in [0.25, 0.3) is 11.8 Å². The minimum absolute atomic E-state index is 0.0587. The molecule has 1 saturated heterocycles. The third kappa shape index (κ3) is 2.65. The Morgan fingerprint density at radius 1 is 1.11 bits per heavy atom. The number of allylic oxidation sites excluding steroid dienone is 2. The van der Waals surface area contributed by atoms with Gasteiger partial charge in [-0.3, -0.25) is 14.5 Å². The van der Waals surface area contributed by atoms with Crippen LogP contribution >= 0.6 is 23.2 Å². The highest BCUT2D eigenvalue weighted by Crippen LogP contribution is 2.33. The lowest BCUT2D eigenvalue weighted by atomic mass is 10.1. The largest absolute Gasteiger partial charge is 0.371 e. The van der Waals surface area contributed by atoms with Crippen LogP contribution in [0.25, 0.3) is 16.6 Å². The van der Waals surface area contributed by atoms with E-state index in [0.29, 0.717) is 38.6 Å². The van der Waals surface area contributed by atoms with Crippen molar-refractivity contribution in [3.63, 3.8) is 0 Å². The first-order valence-corrected chi connectivity index (χ1v) is 9.95. The fourth-order valence-electron chi connectivity index (χ4n) is 4.02. The summed E-state index contributed by atoms with van der Waals surface area (Å²) in [5.41, 5.74) is 2.17. The average molecular weight is 418 g/mol. The molecule has 2 aromatic rings. The molecule has 0 bridgehead atoms. The van der Waals surface area contributed by atoms with Gasteiger partial charge in [0, 0.05) is 6.04 Å². The molecule has 0 radical (unpaired) electrons. The maximum atomic E-state index is 12.9. The van der Waals surface area contributed by atoms with Crippen LogP contribution in [0.15, 0.2) is 29.4 Å². The highest BCUT2D eigenvalue weighted by molar-refractivity contribution is 6.37. The number of aromatic amines is 1. The maximum Gasteiger partial charge on any atom is 0.261 e. The van der Waals surface area contributed by atoms with E-state index in [4.69, 9.17) is 23.2 Å². The smallest absolute Gasteiger partial charge is 0.261 e. The number of rotatable bonds is 2. The average Bonchev–Trinajstić information content (AvgIpc) is 3.19. The van der Waals surface area contributed by atoms with Gasteiger partial charge in [-0.05, 0) is 50.3 Å². The number of hydrogen-bond acceptors (Lipinski definition) is 5. The molecule has 3 aliphatic rings. The van der Waals surface area contributed by atoms with Crippen LogP contribution in [0.1, 0.15) is 39.4 Å². The molecule has 1 fully saturated rings. The first-order chi connectivity index (χ1) is 13.5. The van der Waals surface area contributed by atoms with Crippen LogP contribution < -0.4 is 10.6 Å². The molecule has 3 N–H and O–H groups in total. The number of carbonyl (C=O) groups is 2. The number of nitrogens with zero attached hydrogens (tertiary/aromatic N) is 2. The number of carbonyl (C=O) groups excluding carboxylic acids is 2. The summed E-state index contributed by atoms with van der Waals surface area (Å²) in [6, 6.07) is 3.32. The van der Waals surface area contributed by atoms with E-state index in [1.165, 1.54) is 4.90 Å². The summed E-state index contributed by atoms with van der Waals surface area (Å²) < 4.78 is 0. The number of piperidine rings is 1. The first kappa shape index (κ1) is 17.7. The zero-order valence-electron chi connectivity index (χ0n) is 14.8. The molecule has 28 heavy (non-hydrogen) atoms. The maximum absolute atomic E-state index is 12.9. The van der Waals surface area contributed by atoms with Gasteiger partial charge in [-0.1, -0.05) is 23.2 Å². The van der Waals surface area contributed by atoms with Gasteiger partial charge in [0.05, 0.1) is 32.8 Å². The molecule has 0 spiro atoms. The van der Waals surface area contributed by atoms with E-state index in [1.54, 1.807) is 24.4 Å². The molecule has 3 aliphatic heterocycles. The van der Waals surface area contributed by atoms with Gasteiger partial charge in [0.1, 0.15) is 11.3 Å².